The summed E-state index contributed by atoms with van der Waals surface area (Å²) in [7, 11) is 0. The predicted octanol–water partition coefficient (Wildman–Crippen LogP) is 2.10. The summed E-state index contributed by atoms with van der Waals surface area (Å²) < 4.78 is 10.8. The largest absolute Gasteiger partial charge is 0.506 e. The average Bonchev–Trinajstić information content (AvgIpc) is 2.35. The molecule has 0 fully saturated rings. The van der Waals surface area contributed by atoms with Crippen molar-refractivity contribution in [1.29, 1.82) is 0 Å². The van der Waals surface area contributed by atoms with Crippen molar-refractivity contribution >= 4 is 11.6 Å². The highest BCUT2D eigenvalue weighted by molar-refractivity contribution is 6.33. The second-order valence-corrected chi connectivity index (χ2v) is 4.35. The van der Waals surface area contributed by atoms with Crippen molar-refractivity contribution in [2.75, 3.05) is 19.8 Å². The number of phenolic OH excluding ortho intramolecular Hbond substituents is 1. The van der Waals surface area contributed by atoms with Crippen LogP contribution in [0.5, 0.6) is 17.2 Å². The van der Waals surface area contributed by atoms with Crippen molar-refractivity contribution in [2.45, 2.75) is 19.3 Å². The van der Waals surface area contributed by atoms with Gasteiger partial charge in [0, 0.05) is 0 Å². The predicted molar refractivity (Wildman–Crippen MR) is 66.1 cm³/mol. The number of hydrogen-bond donors (Lipinski definition) is 2. The molecule has 5 heteroatoms. The van der Waals surface area contributed by atoms with Crippen LogP contribution >= 0.6 is 11.6 Å². The minimum Gasteiger partial charge on any atom is -0.506 e. The van der Waals surface area contributed by atoms with Gasteiger partial charge in [0.25, 0.3) is 0 Å². The molecule has 1 heterocycles. The lowest BCUT2D eigenvalue weighted by molar-refractivity contribution is 0.170. The normalized spacial score (nSPS) is 13.8. The van der Waals surface area contributed by atoms with E-state index in [0.717, 1.165) is 24.8 Å². The molecular formula is C12H16ClNO3. The van der Waals surface area contributed by atoms with Crippen LogP contribution in [-0.4, -0.2) is 24.9 Å². The van der Waals surface area contributed by atoms with Gasteiger partial charge >= 0.3 is 0 Å². The van der Waals surface area contributed by atoms with Crippen molar-refractivity contribution in [2.24, 2.45) is 5.73 Å². The molecule has 0 aromatic heterocycles. The molecule has 1 aliphatic rings. The van der Waals surface area contributed by atoms with Crippen LogP contribution in [0, 0.1) is 0 Å². The first-order valence-corrected chi connectivity index (χ1v) is 6.12. The Labute approximate surface area is 105 Å². The van der Waals surface area contributed by atoms with E-state index in [4.69, 9.17) is 26.8 Å². The molecule has 2 rings (SSSR count). The molecule has 94 valence electrons. The zero-order valence-corrected chi connectivity index (χ0v) is 10.3. The summed E-state index contributed by atoms with van der Waals surface area (Å²) in [5.41, 5.74) is 6.22. The van der Waals surface area contributed by atoms with Gasteiger partial charge in [0.15, 0.2) is 11.5 Å². The Bertz CT molecular complexity index is 409. The van der Waals surface area contributed by atoms with Gasteiger partial charge in [-0.3, -0.25) is 0 Å². The maximum absolute atomic E-state index is 9.95. The highest BCUT2D eigenvalue weighted by Crippen LogP contribution is 2.45. The van der Waals surface area contributed by atoms with Crippen LogP contribution in [0.4, 0.5) is 0 Å². The Morgan fingerprint density at radius 1 is 1.29 bits per heavy atom. The number of aromatic hydroxyl groups is 1. The fourth-order valence-electron chi connectivity index (χ4n) is 1.84. The zero-order chi connectivity index (χ0) is 12.3. The second-order valence-electron chi connectivity index (χ2n) is 3.97. The van der Waals surface area contributed by atoms with Gasteiger partial charge in [-0.25, -0.2) is 0 Å². The van der Waals surface area contributed by atoms with E-state index in [1.54, 1.807) is 6.07 Å². The van der Waals surface area contributed by atoms with Crippen LogP contribution in [0.25, 0.3) is 0 Å². The van der Waals surface area contributed by atoms with E-state index in [9.17, 15) is 5.11 Å². The van der Waals surface area contributed by atoms with Gasteiger partial charge < -0.3 is 20.3 Å². The van der Waals surface area contributed by atoms with Crippen LogP contribution in [-0.2, 0) is 6.42 Å². The number of ether oxygens (including phenoxy) is 2. The molecule has 4 nitrogen and oxygen atoms in total. The Kier molecular flexibility index (Phi) is 3.97. The molecule has 0 saturated heterocycles. The molecule has 0 aliphatic carbocycles. The quantitative estimate of drug-likeness (QED) is 0.811. The van der Waals surface area contributed by atoms with Gasteiger partial charge in [-0.2, -0.15) is 0 Å². The smallest absolute Gasteiger partial charge is 0.183 e. The summed E-state index contributed by atoms with van der Waals surface area (Å²) >= 11 is 6.05. The fraction of sp³-hybridized carbons (Fsp3) is 0.500. The average molecular weight is 258 g/mol. The zero-order valence-electron chi connectivity index (χ0n) is 9.54. The minimum absolute atomic E-state index is 0.0907. The van der Waals surface area contributed by atoms with Gasteiger partial charge in [-0.1, -0.05) is 11.6 Å². The minimum atomic E-state index is 0.0907. The Morgan fingerprint density at radius 3 is 2.82 bits per heavy atom. The van der Waals surface area contributed by atoms with Crippen LogP contribution in [0.15, 0.2) is 6.07 Å². The van der Waals surface area contributed by atoms with Gasteiger partial charge in [0.1, 0.15) is 24.0 Å². The van der Waals surface area contributed by atoms with E-state index in [0.29, 0.717) is 31.3 Å². The maximum Gasteiger partial charge on any atom is 0.183 e. The molecule has 0 saturated carbocycles. The lowest BCUT2D eigenvalue weighted by Gasteiger charge is -2.21. The molecular weight excluding hydrogens is 242 g/mol. The maximum atomic E-state index is 9.95. The first kappa shape index (κ1) is 12.3. The molecule has 1 aliphatic heterocycles. The molecule has 0 atom stereocenters. The molecule has 0 unspecified atom stereocenters. The first-order valence-electron chi connectivity index (χ1n) is 5.74. The number of halogens is 1. The number of unbranched alkanes of at least 4 members (excludes halogenated alkanes) is 1. The monoisotopic (exact) mass is 257 g/mol. The number of fused-ring (bicyclic) bond motifs is 1. The third-order valence-electron chi connectivity index (χ3n) is 2.73. The Balaban J connectivity index is 2.24. The van der Waals surface area contributed by atoms with E-state index < -0.39 is 0 Å². The van der Waals surface area contributed by atoms with E-state index in [1.165, 1.54) is 0 Å². The SMILES string of the molecule is NCCCCc1cc2c(c(Cl)c1O)OCCO2. The molecule has 1 aromatic rings. The van der Waals surface area contributed by atoms with Crippen LogP contribution < -0.4 is 15.2 Å². The van der Waals surface area contributed by atoms with Gasteiger partial charge in [0.2, 0.25) is 0 Å². The fourth-order valence-corrected chi connectivity index (χ4v) is 2.11. The van der Waals surface area contributed by atoms with Crippen LogP contribution in [0.2, 0.25) is 5.02 Å². The Morgan fingerprint density at radius 2 is 2.06 bits per heavy atom. The number of benzene rings is 1. The second kappa shape index (κ2) is 5.47. The van der Waals surface area contributed by atoms with Crippen LogP contribution in [0.3, 0.4) is 0 Å². The number of hydrogen-bond acceptors (Lipinski definition) is 4. The molecule has 0 bridgehead atoms. The molecule has 0 amide bonds. The van der Waals surface area contributed by atoms with Crippen molar-refractivity contribution < 1.29 is 14.6 Å². The van der Waals surface area contributed by atoms with E-state index in [2.05, 4.69) is 0 Å². The number of nitrogens with two attached hydrogens (primary N) is 1. The van der Waals surface area contributed by atoms with E-state index in [-0.39, 0.29) is 10.8 Å². The van der Waals surface area contributed by atoms with Gasteiger partial charge in [-0.05, 0) is 37.4 Å². The molecule has 1 aromatic carbocycles. The van der Waals surface area contributed by atoms with Crippen molar-refractivity contribution in [1.82, 2.24) is 0 Å². The summed E-state index contributed by atoms with van der Waals surface area (Å²) in [6, 6.07) is 1.80. The topological polar surface area (TPSA) is 64.7 Å². The number of rotatable bonds is 4. The van der Waals surface area contributed by atoms with E-state index in [1.807, 2.05) is 0 Å². The van der Waals surface area contributed by atoms with Crippen molar-refractivity contribution in [3.05, 3.63) is 16.7 Å². The first-order chi connectivity index (χ1) is 8.24. The lowest BCUT2D eigenvalue weighted by atomic mass is 10.1. The van der Waals surface area contributed by atoms with E-state index >= 15 is 0 Å². The molecule has 17 heavy (non-hydrogen) atoms. The molecule has 0 radical (unpaired) electrons. The van der Waals surface area contributed by atoms with Crippen molar-refractivity contribution in [3.8, 4) is 17.2 Å². The van der Waals surface area contributed by atoms with Crippen LogP contribution in [0.1, 0.15) is 18.4 Å². The number of phenols is 1. The standard InChI is InChI=1S/C12H16ClNO3/c13-10-11(15)8(3-1-2-4-14)7-9-12(10)17-6-5-16-9/h7,15H,1-6,14H2. The summed E-state index contributed by atoms with van der Waals surface area (Å²) in [6.45, 7) is 1.62. The Hall–Kier alpha value is -1.13. The summed E-state index contributed by atoms with van der Waals surface area (Å²) in [5.74, 6) is 1.15. The highest BCUT2D eigenvalue weighted by Gasteiger charge is 2.21. The van der Waals surface area contributed by atoms with Gasteiger partial charge in [-0.15, -0.1) is 0 Å². The van der Waals surface area contributed by atoms with Crippen molar-refractivity contribution in [3.63, 3.8) is 0 Å². The summed E-state index contributed by atoms with van der Waals surface area (Å²) in [5, 5.41) is 10.2. The highest BCUT2D eigenvalue weighted by atomic mass is 35.5. The number of aryl methyl sites for hydroxylation is 1. The third kappa shape index (κ3) is 2.58. The molecule has 3 N–H and O–H groups in total. The summed E-state index contributed by atoms with van der Waals surface area (Å²) in [4.78, 5) is 0. The summed E-state index contributed by atoms with van der Waals surface area (Å²) in [6.07, 6.45) is 2.57. The lowest BCUT2D eigenvalue weighted by Crippen LogP contribution is -2.16. The van der Waals surface area contributed by atoms with Gasteiger partial charge in [0.05, 0.1) is 0 Å². The third-order valence-corrected chi connectivity index (χ3v) is 3.08. The molecule has 0 spiro atoms.